The molecule has 2 amide bonds. The van der Waals surface area contributed by atoms with Crippen LogP contribution in [0.15, 0.2) is 0 Å². The molecular formula is C11H22N2O5S. The summed E-state index contributed by atoms with van der Waals surface area (Å²) in [6.07, 6.45) is 1.53. The smallest absolute Gasteiger partial charge is 0.314 e. The van der Waals surface area contributed by atoms with Crippen LogP contribution in [-0.4, -0.2) is 59.1 Å². The number of ether oxygens (including phenoxy) is 1. The largest absolute Gasteiger partial charge is 0.481 e. The van der Waals surface area contributed by atoms with Crippen LogP contribution in [-0.2, 0) is 20.3 Å². The molecule has 0 aromatic rings. The molecule has 0 saturated carbocycles. The highest BCUT2D eigenvalue weighted by Crippen LogP contribution is 1.97. The van der Waals surface area contributed by atoms with Crippen LogP contribution in [0, 0.1) is 0 Å². The molecule has 0 aromatic carbocycles. The van der Waals surface area contributed by atoms with Crippen LogP contribution in [0.25, 0.3) is 0 Å². The fraction of sp³-hybridized carbons (Fsp3) is 0.818. The highest BCUT2D eigenvalue weighted by molar-refractivity contribution is 7.84. The quantitative estimate of drug-likeness (QED) is 0.552. The molecule has 0 radical (unpaired) electrons. The van der Waals surface area contributed by atoms with Crippen molar-refractivity contribution in [2.75, 3.05) is 26.5 Å². The number of nitrogens with one attached hydrogen (secondary N) is 2. The fourth-order valence-electron chi connectivity index (χ4n) is 1.26. The normalized spacial score (nSPS) is 15.3. The van der Waals surface area contributed by atoms with E-state index in [4.69, 9.17) is 9.84 Å². The van der Waals surface area contributed by atoms with Gasteiger partial charge in [0.05, 0.1) is 12.5 Å². The first-order valence-corrected chi connectivity index (χ1v) is 7.57. The summed E-state index contributed by atoms with van der Waals surface area (Å²) in [6, 6.07) is -0.387. The zero-order valence-corrected chi connectivity index (χ0v) is 12.3. The van der Waals surface area contributed by atoms with Gasteiger partial charge in [-0.1, -0.05) is 6.92 Å². The van der Waals surface area contributed by atoms with Crippen LogP contribution >= 0.6 is 0 Å². The maximum absolute atomic E-state index is 11.4. The van der Waals surface area contributed by atoms with Crippen LogP contribution in [0.3, 0.4) is 0 Å². The molecule has 7 nitrogen and oxygen atoms in total. The van der Waals surface area contributed by atoms with Gasteiger partial charge in [-0.3, -0.25) is 9.00 Å². The maximum atomic E-state index is 11.4. The molecule has 0 fully saturated rings. The maximum Gasteiger partial charge on any atom is 0.314 e. The van der Waals surface area contributed by atoms with Crippen molar-refractivity contribution in [3.63, 3.8) is 0 Å². The number of hydrogen-bond donors (Lipinski definition) is 3. The minimum atomic E-state index is -0.978. The number of hydrogen-bond acceptors (Lipinski definition) is 4. The standard InChI is InChI=1S/C11H22N2O5S/c1-8(19(3)17)4-5-12-11(16)13-7-9(18-2)6-10(14)15/h8-9H,4-7H2,1-3H3,(H,14,15)(H2,12,13,16). The first kappa shape index (κ1) is 17.8. The Hall–Kier alpha value is -1.15. The summed E-state index contributed by atoms with van der Waals surface area (Å²) in [5, 5.41) is 13.8. The van der Waals surface area contributed by atoms with Gasteiger partial charge >= 0.3 is 12.0 Å². The van der Waals surface area contributed by atoms with Gasteiger partial charge < -0.3 is 20.5 Å². The van der Waals surface area contributed by atoms with Gasteiger partial charge in [0.15, 0.2) is 0 Å². The van der Waals surface area contributed by atoms with E-state index in [0.29, 0.717) is 13.0 Å². The van der Waals surface area contributed by atoms with E-state index in [9.17, 15) is 13.8 Å². The van der Waals surface area contributed by atoms with E-state index in [1.807, 2.05) is 6.92 Å². The summed E-state index contributed by atoms with van der Waals surface area (Å²) < 4.78 is 16.0. The second-order valence-corrected chi connectivity index (χ2v) is 5.99. The second-order valence-electron chi connectivity index (χ2n) is 4.19. The molecule has 3 atom stereocenters. The molecule has 0 spiro atoms. The number of methoxy groups -OCH3 is 1. The Morgan fingerprint density at radius 1 is 1.37 bits per heavy atom. The molecule has 0 heterocycles. The highest BCUT2D eigenvalue weighted by atomic mass is 32.2. The number of aliphatic carboxylic acids is 1. The summed E-state index contributed by atoms with van der Waals surface area (Å²) >= 11 is 0. The van der Waals surface area contributed by atoms with Gasteiger partial charge in [0.1, 0.15) is 0 Å². The van der Waals surface area contributed by atoms with Gasteiger partial charge in [0, 0.05) is 42.5 Å². The van der Waals surface area contributed by atoms with Crippen molar-refractivity contribution in [1.29, 1.82) is 0 Å². The van der Waals surface area contributed by atoms with Gasteiger partial charge in [-0.05, 0) is 6.42 Å². The van der Waals surface area contributed by atoms with E-state index in [-0.39, 0.29) is 24.2 Å². The van der Waals surface area contributed by atoms with Crippen LogP contribution in [0.5, 0.6) is 0 Å². The minimum absolute atomic E-state index is 0.0269. The average Bonchev–Trinajstić information content (AvgIpc) is 2.33. The summed E-state index contributed by atoms with van der Waals surface area (Å²) in [5.41, 5.74) is 0. The molecule has 3 unspecified atom stereocenters. The van der Waals surface area contributed by atoms with Crippen molar-refractivity contribution in [3.05, 3.63) is 0 Å². The lowest BCUT2D eigenvalue weighted by Crippen LogP contribution is -2.41. The van der Waals surface area contributed by atoms with Gasteiger partial charge in [0.2, 0.25) is 0 Å². The summed E-state index contributed by atoms with van der Waals surface area (Å²) in [5.74, 6) is -0.978. The Kier molecular flexibility index (Phi) is 9.15. The predicted octanol–water partition coefficient (Wildman–Crippen LogP) is -0.0676. The molecule has 3 N–H and O–H groups in total. The number of carboxylic acids is 1. The summed E-state index contributed by atoms with van der Waals surface area (Å²) in [4.78, 5) is 21.9. The Balaban J connectivity index is 3.80. The lowest BCUT2D eigenvalue weighted by atomic mass is 10.2. The van der Waals surface area contributed by atoms with E-state index in [1.165, 1.54) is 7.11 Å². The number of carbonyl (C=O) groups excluding carboxylic acids is 1. The second kappa shape index (κ2) is 9.74. The van der Waals surface area contributed by atoms with Crippen LogP contribution in [0.1, 0.15) is 19.8 Å². The third-order valence-corrected chi connectivity index (χ3v) is 4.00. The summed E-state index contributed by atoms with van der Waals surface area (Å²) in [7, 11) is 0.493. The SMILES string of the molecule is COC(CNC(=O)NCCC(C)S(C)=O)CC(=O)O. The zero-order chi connectivity index (χ0) is 14.8. The van der Waals surface area contributed by atoms with Crippen LogP contribution < -0.4 is 10.6 Å². The molecule has 0 saturated heterocycles. The molecule has 112 valence electrons. The number of carbonyl (C=O) groups is 2. The third-order valence-electron chi connectivity index (χ3n) is 2.63. The Morgan fingerprint density at radius 3 is 2.47 bits per heavy atom. The van der Waals surface area contributed by atoms with E-state index in [0.717, 1.165) is 0 Å². The van der Waals surface area contributed by atoms with Crippen molar-refractivity contribution in [3.8, 4) is 0 Å². The highest BCUT2D eigenvalue weighted by Gasteiger charge is 2.13. The Morgan fingerprint density at radius 2 is 2.00 bits per heavy atom. The fourth-order valence-corrected chi connectivity index (χ4v) is 1.71. The number of amides is 2. The minimum Gasteiger partial charge on any atom is -0.481 e. The third kappa shape index (κ3) is 9.43. The molecule has 8 heteroatoms. The van der Waals surface area contributed by atoms with Crippen molar-refractivity contribution in [2.24, 2.45) is 0 Å². The van der Waals surface area contributed by atoms with Crippen molar-refractivity contribution < 1.29 is 23.6 Å². The van der Waals surface area contributed by atoms with E-state index in [1.54, 1.807) is 6.26 Å². The van der Waals surface area contributed by atoms with Gasteiger partial charge in [-0.25, -0.2) is 4.79 Å². The zero-order valence-electron chi connectivity index (χ0n) is 11.5. The molecule has 0 aliphatic heterocycles. The Bertz CT molecular complexity index is 324. The molecular weight excluding hydrogens is 272 g/mol. The van der Waals surface area contributed by atoms with E-state index in [2.05, 4.69) is 10.6 Å². The molecule has 19 heavy (non-hydrogen) atoms. The van der Waals surface area contributed by atoms with Gasteiger partial charge in [0.25, 0.3) is 0 Å². The first-order valence-electron chi connectivity index (χ1n) is 5.95. The van der Waals surface area contributed by atoms with Crippen molar-refractivity contribution in [2.45, 2.75) is 31.1 Å². The number of urea groups is 1. The van der Waals surface area contributed by atoms with Crippen molar-refractivity contribution >= 4 is 22.8 Å². The average molecular weight is 294 g/mol. The van der Waals surface area contributed by atoms with Crippen molar-refractivity contribution in [1.82, 2.24) is 10.6 Å². The monoisotopic (exact) mass is 294 g/mol. The summed E-state index contributed by atoms with van der Waals surface area (Å²) in [6.45, 7) is 2.40. The van der Waals surface area contributed by atoms with Crippen LogP contribution in [0.4, 0.5) is 4.79 Å². The van der Waals surface area contributed by atoms with Gasteiger partial charge in [-0.2, -0.15) is 0 Å². The van der Waals surface area contributed by atoms with Gasteiger partial charge in [-0.15, -0.1) is 0 Å². The van der Waals surface area contributed by atoms with E-state index >= 15 is 0 Å². The molecule has 0 aliphatic rings. The molecule has 0 aromatic heterocycles. The number of carboxylic acid groups (broad SMARTS) is 1. The van der Waals surface area contributed by atoms with E-state index < -0.39 is 22.9 Å². The first-order chi connectivity index (χ1) is 8.86. The number of rotatable bonds is 9. The topological polar surface area (TPSA) is 105 Å². The lowest BCUT2D eigenvalue weighted by molar-refractivity contribution is -0.139. The lowest BCUT2D eigenvalue weighted by Gasteiger charge is -2.15. The molecule has 0 bridgehead atoms. The predicted molar refractivity (Wildman–Crippen MR) is 72.6 cm³/mol. The molecule has 0 aliphatic carbocycles. The van der Waals surface area contributed by atoms with Crippen LogP contribution in [0.2, 0.25) is 0 Å². The molecule has 0 rings (SSSR count). The Labute approximate surface area is 115 Å².